The molecule has 18 heavy (non-hydrogen) atoms. The monoisotopic (exact) mass is 318 g/mol. The quantitative estimate of drug-likeness (QED) is 0.801. The first-order valence-corrected chi connectivity index (χ1v) is 5.86. The Morgan fingerprint density at radius 3 is 2.61 bits per heavy atom. The number of aryl methyl sites for hydroxylation is 1. The average molecular weight is 319 g/mol. The van der Waals surface area contributed by atoms with Crippen molar-refractivity contribution in [2.75, 3.05) is 5.32 Å². The minimum atomic E-state index is -1.14. The number of carboxylic acids is 1. The molecule has 0 saturated carbocycles. The molecule has 1 atom stereocenters. The number of hydrogen-bond donors (Lipinski definition) is 3. The average Bonchev–Trinajstić information content (AvgIpc) is 2.25. The van der Waals surface area contributed by atoms with Gasteiger partial charge in [0.15, 0.2) is 0 Å². The van der Waals surface area contributed by atoms with Crippen LogP contribution in [0.5, 0.6) is 0 Å². The first kappa shape index (κ1) is 14.4. The van der Waals surface area contributed by atoms with Crippen LogP contribution in [0.2, 0.25) is 0 Å². The Labute approximate surface area is 112 Å². The third-order valence-corrected chi connectivity index (χ3v) is 2.84. The first-order valence-electron chi connectivity index (χ1n) is 5.07. The topological polar surface area (TPSA) is 78.4 Å². The summed E-state index contributed by atoms with van der Waals surface area (Å²) >= 11 is 3.00. The van der Waals surface area contributed by atoms with Gasteiger partial charge in [0.05, 0.1) is 4.47 Å². The summed E-state index contributed by atoms with van der Waals surface area (Å²) in [5, 5.41) is 13.3. The normalized spacial score (nSPS) is 11.8. The molecule has 5 nitrogen and oxygen atoms in total. The fourth-order valence-electron chi connectivity index (χ4n) is 1.20. The molecule has 0 bridgehead atoms. The lowest BCUT2D eigenvalue weighted by Gasteiger charge is -2.12. The van der Waals surface area contributed by atoms with E-state index in [-0.39, 0.29) is 4.47 Å². The molecular formula is C11H12BrFN2O3. The van der Waals surface area contributed by atoms with Gasteiger partial charge in [0.2, 0.25) is 0 Å². The van der Waals surface area contributed by atoms with E-state index in [0.717, 1.165) is 0 Å². The molecule has 0 aromatic heterocycles. The van der Waals surface area contributed by atoms with Crippen LogP contribution in [-0.2, 0) is 4.79 Å². The molecule has 3 N–H and O–H groups in total. The van der Waals surface area contributed by atoms with Gasteiger partial charge in [-0.25, -0.2) is 9.18 Å². The van der Waals surface area contributed by atoms with Crippen molar-refractivity contribution >= 4 is 33.6 Å². The zero-order valence-corrected chi connectivity index (χ0v) is 11.3. The van der Waals surface area contributed by atoms with Crippen molar-refractivity contribution in [1.82, 2.24) is 5.32 Å². The molecule has 1 aromatic carbocycles. The largest absolute Gasteiger partial charge is 0.480 e. The molecule has 1 rings (SSSR count). The summed E-state index contributed by atoms with van der Waals surface area (Å²) in [6.45, 7) is 2.97. The molecule has 2 amide bonds. The number of benzene rings is 1. The highest BCUT2D eigenvalue weighted by molar-refractivity contribution is 9.10. The second-order valence-corrected chi connectivity index (χ2v) is 4.59. The van der Waals surface area contributed by atoms with E-state index in [1.807, 2.05) is 0 Å². The maximum atomic E-state index is 13.2. The molecule has 0 fully saturated rings. The van der Waals surface area contributed by atoms with E-state index >= 15 is 0 Å². The summed E-state index contributed by atoms with van der Waals surface area (Å²) < 4.78 is 13.4. The summed E-state index contributed by atoms with van der Waals surface area (Å²) in [6, 6.07) is 1.01. The lowest BCUT2D eigenvalue weighted by molar-refractivity contribution is -0.138. The predicted octanol–water partition coefficient (Wildman–Crippen LogP) is 2.49. The van der Waals surface area contributed by atoms with Gasteiger partial charge in [0, 0.05) is 5.69 Å². The van der Waals surface area contributed by atoms with E-state index in [9.17, 15) is 14.0 Å². The highest BCUT2D eigenvalue weighted by Crippen LogP contribution is 2.24. The van der Waals surface area contributed by atoms with Gasteiger partial charge in [0.1, 0.15) is 11.9 Å². The van der Waals surface area contributed by atoms with Crippen LogP contribution in [0.25, 0.3) is 0 Å². The summed E-state index contributed by atoms with van der Waals surface area (Å²) in [6.07, 6.45) is 0. The fraction of sp³-hybridized carbons (Fsp3) is 0.273. The maximum Gasteiger partial charge on any atom is 0.325 e. The summed E-state index contributed by atoms with van der Waals surface area (Å²) in [7, 11) is 0. The van der Waals surface area contributed by atoms with Crippen LogP contribution in [0.15, 0.2) is 16.6 Å². The molecule has 0 unspecified atom stereocenters. The highest BCUT2D eigenvalue weighted by atomic mass is 79.9. The Hall–Kier alpha value is -1.63. The number of halogens is 2. The van der Waals surface area contributed by atoms with Crippen molar-refractivity contribution in [3.63, 3.8) is 0 Å². The van der Waals surface area contributed by atoms with E-state index in [1.54, 1.807) is 6.92 Å². The smallest absolute Gasteiger partial charge is 0.325 e. The molecule has 0 spiro atoms. The number of anilines is 1. The highest BCUT2D eigenvalue weighted by Gasteiger charge is 2.15. The molecule has 1 aromatic rings. The first-order chi connectivity index (χ1) is 8.31. The summed E-state index contributed by atoms with van der Waals surface area (Å²) in [5.41, 5.74) is 0.937. The maximum absolute atomic E-state index is 13.2. The lowest BCUT2D eigenvalue weighted by Crippen LogP contribution is -2.40. The van der Waals surface area contributed by atoms with Crippen LogP contribution in [0, 0.1) is 12.7 Å². The van der Waals surface area contributed by atoms with Crippen molar-refractivity contribution < 1.29 is 19.1 Å². The Balaban J connectivity index is 2.76. The molecule has 0 aliphatic heterocycles. The van der Waals surface area contributed by atoms with Crippen molar-refractivity contribution in [3.05, 3.63) is 28.0 Å². The summed E-state index contributed by atoms with van der Waals surface area (Å²) in [4.78, 5) is 22.0. The zero-order chi connectivity index (χ0) is 13.9. The van der Waals surface area contributed by atoms with E-state index in [1.165, 1.54) is 19.1 Å². The predicted molar refractivity (Wildman–Crippen MR) is 68.1 cm³/mol. The number of carbonyl (C=O) groups is 2. The van der Waals surface area contributed by atoms with Crippen LogP contribution in [-0.4, -0.2) is 23.1 Å². The number of urea groups is 1. The molecule has 7 heteroatoms. The van der Waals surface area contributed by atoms with Crippen molar-refractivity contribution in [1.29, 1.82) is 0 Å². The Kier molecular flexibility index (Phi) is 4.66. The zero-order valence-electron chi connectivity index (χ0n) is 9.75. The number of aliphatic carboxylic acids is 1. The third-order valence-electron chi connectivity index (χ3n) is 2.23. The Morgan fingerprint density at radius 1 is 1.44 bits per heavy atom. The number of carboxylic acid groups (broad SMARTS) is 1. The van der Waals surface area contributed by atoms with Gasteiger partial charge in [-0.15, -0.1) is 0 Å². The Bertz CT molecular complexity index is 493. The van der Waals surface area contributed by atoms with Gasteiger partial charge in [-0.2, -0.15) is 0 Å². The molecule has 0 radical (unpaired) electrons. The SMILES string of the molecule is Cc1cc(F)c(Br)cc1NC(=O)N[C@H](C)C(=O)O. The fourth-order valence-corrected chi connectivity index (χ4v) is 1.54. The molecule has 0 aliphatic rings. The van der Waals surface area contributed by atoms with Gasteiger partial charge < -0.3 is 15.7 Å². The van der Waals surface area contributed by atoms with Crippen LogP contribution in [0.1, 0.15) is 12.5 Å². The van der Waals surface area contributed by atoms with Crippen molar-refractivity contribution in [3.8, 4) is 0 Å². The molecule has 0 aliphatic carbocycles. The number of carbonyl (C=O) groups excluding carboxylic acids is 1. The van der Waals surface area contributed by atoms with Crippen LogP contribution in [0.3, 0.4) is 0 Å². The number of nitrogens with one attached hydrogen (secondary N) is 2. The molecule has 98 valence electrons. The standard InChI is InChI=1S/C11H12BrFN2O3/c1-5-3-8(13)7(12)4-9(5)15-11(18)14-6(2)10(16)17/h3-4,6H,1-2H3,(H,16,17)(H2,14,15,18)/t6-/m1/s1. The van der Waals surface area contributed by atoms with Crippen LogP contribution >= 0.6 is 15.9 Å². The number of hydrogen-bond acceptors (Lipinski definition) is 2. The third kappa shape index (κ3) is 3.69. The molecule has 0 heterocycles. The van der Waals surface area contributed by atoms with Crippen LogP contribution in [0.4, 0.5) is 14.9 Å². The minimum absolute atomic E-state index is 0.217. The van der Waals surface area contributed by atoms with Gasteiger partial charge in [0.25, 0.3) is 0 Å². The van der Waals surface area contributed by atoms with Crippen molar-refractivity contribution in [2.24, 2.45) is 0 Å². The lowest BCUT2D eigenvalue weighted by atomic mass is 10.2. The minimum Gasteiger partial charge on any atom is -0.480 e. The second-order valence-electron chi connectivity index (χ2n) is 3.74. The van der Waals surface area contributed by atoms with E-state index in [4.69, 9.17) is 5.11 Å². The van der Waals surface area contributed by atoms with Gasteiger partial charge in [-0.3, -0.25) is 4.79 Å². The van der Waals surface area contributed by atoms with Gasteiger partial charge >= 0.3 is 12.0 Å². The van der Waals surface area contributed by atoms with Gasteiger partial charge in [-0.05, 0) is 47.5 Å². The van der Waals surface area contributed by atoms with E-state index in [2.05, 4.69) is 26.6 Å². The van der Waals surface area contributed by atoms with Crippen LogP contribution < -0.4 is 10.6 Å². The Morgan fingerprint density at radius 2 is 2.06 bits per heavy atom. The van der Waals surface area contributed by atoms with Crippen molar-refractivity contribution in [2.45, 2.75) is 19.9 Å². The number of rotatable bonds is 3. The van der Waals surface area contributed by atoms with Gasteiger partial charge in [-0.1, -0.05) is 0 Å². The van der Waals surface area contributed by atoms with E-state index < -0.39 is 23.9 Å². The second kappa shape index (κ2) is 5.81. The summed E-state index contributed by atoms with van der Waals surface area (Å²) in [5.74, 6) is -1.57. The van der Waals surface area contributed by atoms with E-state index in [0.29, 0.717) is 11.3 Å². The molecular weight excluding hydrogens is 307 g/mol. The number of amides is 2. The molecule has 0 saturated heterocycles.